The van der Waals surface area contributed by atoms with Gasteiger partial charge in [-0.3, -0.25) is 4.57 Å². The highest BCUT2D eigenvalue weighted by atomic mass is 16.6. The van der Waals surface area contributed by atoms with Gasteiger partial charge in [0.1, 0.15) is 19.7 Å². The van der Waals surface area contributed by atoms with Crippen molar-refractivity contribution in [3.8, 4) is 0 Å². The maximum absolute atomic E-state index is 9.10. The standard InChI is InChI=1S/C11H15N5O3/c1-18-16-6-14-11-9(10(16)12)13-5-15(11)8-3-2-7(4-17)19-8/h5-8,12,17H,2-4H2,1H3/p+1. The summed E-state index contributed by atoms with van der Waals surface area (Å²) in [6.45, 7) is 0.0301. The predicted molar refractivity (Wildman–Crippen MR) is 64.9 cm³/mol. The van der Waals surface area contributed by atoms with Gasteiger partial charge in [-0.15, -0.1) is 0 Å². The zero-order valence-electron chi connectivity index (χ0n) is 10.6. The van der Waals surface area contributed by atoms with Crippen LogP contribution in [0.3, 0.4) is 0 Å². The number of fused-ring (bicyclic) bond motifs is 1. The molecule has 1 saturated heterocycles. The van der Waals surface area contributed by atoms with Gasteiger partial charge in [0, 0.05) is 0 Å². The van der Waals surface area contributed by atoms with E-state index in [0.717, 1.165) is 12.8 Å². The molecule has 0 aliphatic carbocycles. The van der Waals surface area contributed by atoms with Gasteiger partial charge >= 0.3 is 0 Å². The number of anilines is 1. The summed E-state index contributed by atoms with van der Waals surface area (Å²) >= 11 is 0. The fourth-order valence-corrected chi connectivity index (χ4v) is 2.32. The van der Waals surface area contributed by atoms with Crippen LogP contribution in [0.2, 0.25) is 0 Å². The fourth-order valence-electron chi connectivity index (χ4n) is 2.32. The summed E-state index contributed by atoms with van der Waals surface area (Å²) in [5, 5.41) is 9.10. The van der Waals surface area contributed by atoms with E-state index in [0.29, 0.717) is 17.0 Å². The number of rotatable bonds is 3. The predicted octanol–water partition coefficient (Wildman–Crippen LogP) is -0.971. The van der Waals surface area contributed by atoms with Gasteiger partial charge in [-0.05, 0) is 12.8 Å². The molecular weight excluding hydrogens is 250 g/mol. The molecule has 2 aromatic rings. The maximum atomic E-state index is 9.10. The van der Waals surface area contributed by atoms with E-state index in [-0.39, 0.29) is 18.9 Å². The minimum Gasteiger partial charge on any atom is -0.394 e. The number of nitrogens with zero attached hydrogens (tertiary/aromatic N) is 4. The molecule has 8 heteroatoms. The number of aromatic nitrogens is 4. The van der Waals surface area contributed by atoms with Gasteiger partial charge in [0.15, 0.2) is 0 Å². The largest absolute Gasteiger partial charge is 0.394 e. The van der Waals surface area contributed by atoms with E-state index in [1.165, 1.54) is 18.2 Å². The normalized spacial score (nSPS) is 23.1. The number of hydrogen-bond donors (Lipinski definition) is 2. The monoisotopic (exact) mass is 266 g/mol. The third-order valence-electron chi connectivity index (χ3n) is 3.33. The van der Waals surface area contributed by atoms with E-state index in [1.807, 2.05) is 4.57 Å². The number of ether oxygens (including phenoxy) is 1. The van der Waals surface area contributed by atoms with E-state index < -0.39 is 0 Å². The van der Waals surface area contributed by atoms with Crippen LogP contribution < -0.4 is 15.3 Å². The molecular formula is C11H16N5O3+. The Labute approximate surface area is 109 Å². The van der Waals surface area contributed by atoms with Gasteiger partial charge in [-0.2, -0.15) is 0 Å². The molecule has 0 radical (unpaired) electrons. The average molecular weight is 266 g/mol. The van der Waals surface area contributed by atoms with Crippen LogP contribution in [0.15, 0.2) is 12.7 Å². The van der Waals surface area contributed by atoms with Crippen molar-refractivity contribution < 1.29 is 19.4 Å². The SMILES string of the molecule is CO[n+]1cnc2c(ncn2C2CCC(CO)O2)c1N. The Kier molecular flexibility index (Phi) is 2.96. The molecule has 1 aliphatic heterocycles. The molecule has 0 aromatic carbocycles. The molecule has 1 aliphatic rings. The summed E-state index contributed by atoms with van der Waals surface area (Å²) in [6.07, 6.45) is 4.51. The number of nitrogen functional groups attached to an aromatic ring is 1. The number of aliphatic hydroxyl groups is 1. The third-order valence-corrected chi connectivity index (χ3v) is 3.33. The van der Waals surface area contributed by atoms with Crippen LogP contribution in [0.1, 0.15) is 19.1 Å². The Bertz CT molecular complexity index is 599. The summed E-state index contributed by atoms with van der Waals surface area (Å²) in [7, 11) is 1.51. The Hall–Kier alpha value is -1.93. The molecule has 102 valence electrons. The minimum absolute atomic E-state index is 0.0301. The highest BCUT2D eigenvalue weighted by molar-refractivity contribution is 5.79. The Balaban J connectivity index is 2.00. The molecule has 2 unspecified atom stereocenters. The Morgan fingerprint density at radius 1 is 1.58 bits per heavy atom. The number of aliphatic hydroxyl groups excluding tert-OH is 1. The van der Waals surface area contributed by atoms with Crippen LogP contribution in [0.25, 0.3) is 11.2 Å². The summed E-state index contributed by atoms with van der Waals surface area (Å²) in [4.78, 5) is 13.6. The van der Waals surface area contributed by atoms with E-state index in [2.05, 4.69) is 9.97 Å². The zero-order chi connectivity index (χ0) is 13.4. The molecule has 2 atom stereocenters. The van der Waals surface area contributed by atoms with Crippen LogP contribution in [-0.2, 0) is 4.74 Å². The van der Waals surface area contributed by atoms with E-state index in [9.17, 15) is 0 Å². The first-order valence-electron chi connectivity index (χ1n) is 6.08. The van der Waals surface area contributed by atoms with Crippen LogP contribution in [0, 0.1) is 0 Å². The van der Waals surface area contributed by atoms with Crippen molar-refractivity contribution in [1.82, 2.24) is 14.5 Å². The van der Waals surface area contributed by atoms with Crippen molar-refractivity contribution in [3.63, 3.8) is 0 Å². The molecule has 0 spiro atoms. The molecule has 1 fully saturated rings. The molecule has 3 N–H and O–H groups in total. The molecule has 0 saturated carbocycles. The van der Waals surface area contributed by atoms with Crippen LogP contribution in [-0.4, -0.2) is 39.5 Å². The molecule has 19 heavy (non-hydrogen) atoms. The lowest BCUT2D eigenvalue weighted by Gasteiger charge is -2.12. The van der Waals surface area contributed by atoms with Crippen LogP contribution in [0.4, 0.5) is 5.82 Å². The second-order valence-electron chi connectivity index (χ2n) is 4.43. The molecule has 3 rings (SSSR count). The first-order chi connectivity index (χ1) is 9.24. The van der Waals surface area contributed by atoms with Gasteiger partial charge in [-0.1, -0.05) is 9.71 Å². The first kappa shape index (κ1) is 12.1. The average Bonchev–Trinajstić information content (AvgIpc) is 3.05. The lowest BCUT2D eigenvalue weighted by Crippen LogP contribution is -2.43. The molecule has 2 aromatic heterocycles. The van der Waals surface area contributed by atoms with E-state index in [4.69, 9.17) is 20.4 Å². The second-order valence-corrected chi connectivity index (χ2v) is 4.43. The van der Waals surface area contributed by atoms with Crippen molar-refractivity contribution in [2.45, 2.75) is 25.2 Å². The van der Waals surface area contributed by atoms with Crippen LogP contribution in [0.5, 0.6) is 0 Å². The van der Waals surface area contributed by atoms with Gasteiger partial charge in [0.2, 0.25) is 11.2 Å². The molecule has 8 nitrogen and oxygen atoms in total. The van der Waals surface area contributed by atoms with Crippen molar-refractivity contribution in [2.75, 3.05) is 19.5 Å². The number of hydrogen-bond acceptors (Lipinski definition) is 6. The van der Waals surface area contributed by atoms with Crippen molar-refractivity contribution in [2.24, 2.45) is 0 Å². The summed E-state index contributed by atoms with van der Waals surface area (Å²) < 4.78 is 8.90. The second kappa shape index (κ2) is 4.63. The molecule has 0 bridgehead atoms. The summed E-state index contributed by atoms with van der Waals surface area (Å²) in [5.41, 5.74) is 7.15. The fraction of sp³-hybridized carbons (Fsp3) is 0.545. The van der Waals surface area contributed by atoms with Crippen LogP contribution >= 0.6 is 0 Å². The highest BCUT2D eigenvalue weighted by Gasteiger charge is 2.29. The summed E-state index contributed by atoms with van der Waals surface area (Å²) in [5.74, 6) is 0.392. The lowest BCUT2D eigenvalue weighted by molar-refractivity contribution is -0.875. The molecule has 3 heterocycles. The topological polar surface area (TPSA) is 99.3 Å². The quantitative estimate of drug-likeness (QED) is 0.693. The third kappa shape index (κ3) is 1.89. The Morgan fingerprint density at radius 2 is 2.42 bits per heavy atom. The number of imidazole rings is 1. The van der Waals surface area contributed by atoms with Crippen molar-refractivity contribution in [3.05, 3.63) is 12.7 Å². The smallest absolute Gasteiger partial charge is 0.289 e. The van der Waals surface area contributed by atoms with E-state index >= 15 is 0 Å². The minimum atomic E-state index is -0.160. The van der Waals surface area contributed by atoms with Gasteiger partial charge < -0.3 is 20.4 Å². The van der Waals surface area contributed by atoms with Crippen molar-refractivity contribution >= 4 is 17.0 Å². The zero-order valence-corrected chi connectivity index (χ0v) is 10.6. The number of nitrogens with two attached hydrogens (primary N) is 1. The van der Waals surface area contributed by atoms with E-state index in [1.54, 1.807) is 6.33 Å². The highest BCUT2D eigenvalue weighted by Crippen LogP contribution is 2.30. The lowest BCUT2D eigenvalue weighted by atomic mass is 10.2. The first-order valence-corrected chi connectivity index (χ1v) is 6.08. The Morgan fingerprint density at radius 3 is 3.11 bits per heavy atom. The van der Waals surface area contributed by atoms with Gasteiger partial charge in [0.25, 0.3) is 12.1 Å². The van der Waals surface area contributed by atoms with Gasteiger partial charge in [0.05, 0.1) is 12.7 Å². The van der Waals surface area contributed by atoms with Crippen molar-refractivity contribution in [1.29, 1.82) is 0 Å². The summed E-state index contributed by atoms with van der Waals surface area (Å²) in [6, 6.07) is 0. The molecule has 0 amide bonds. The van der Waals surface area contributed by atoms with Gasteiger partial charge in [-0.25, -0.2) is 4.98 Å². The maximum Gasteiger partial charge on any atom is 0.289 e.